The second-order valence-corrected chi connectivity index (χ2v) is 11.3. The largest absolute Gasteiger partial charge is 0.472 e. The Morgan fingerprint density at radius 2 is 2.12 bits per heavy atom. The van der Waals surface area contributed by atoms with Crippen LogP contribution < -0.4 is 0 Å². The lowest BCUT2D eigenvalue weighted by Crippen LogP contribution is -2.61. The maximum absolute atomic E-state index is 13.0. The topological polar surface area (TPSA) is 36.7 Å². The SMILES string of the molecule is CN(C(=O)/C=C/c1ccoc1)[C@H]1CC[C@H]2[C@H]3CC4=C(CCCC4)[C@@]2(CCN3CC2CC2)C1. The predicted octanol–water partition coefficient (Wildman–Crippen LogP) is 5.66. The highest BCUT2D eigenvalue weighted by molar-refractivity contribution is 5.91. The van der Waals surface area contributed by atoms with Crippen molar-refractivity contribution >= 4 is 12.0 Å². The fourth-order valence-electron chi connectivity index (χ4n) is 7.77. The molecule has 1 amide bonds. The Bertz CT molecular complexity index is 912. The van der Waals surface area contributed by atoms with Gasteiger partial charge in [0, 0.05) is 37.3 Å². The normalized spacial score (nSPS) is 35.0. The minimum atomic E-state index is 0.127. The first-order valence-electron chi connectivity index (χ1n) is 13.1. The number of carbonyl (C=O) groups is 1. The number of likely N-dealkylation sites (tertiary alicyclic amines) is 1. The molecule has 4 nitrogen and oxygen atoms in total. The predicted molar refractivity (Wildman–Crippen MR) is 127 cm³/mol. The average Bonchev–Trinajstić information content (AvgIpc) is 3.49. The third kappa shape index (κ3) is 3.59. The van der Waals surface area contributed by atoms with Gasteiger partial charge in [-0.2, -0.15) is 0 Å². The number of piperidine rings is 1. The molecule has 2 saturated carbocycles. The van der Waals surface area contributed by atoms with Gasteiger partial charge < -0.3 is 9.32 Å². The first kappa shape index (κ1) is 20.8. The summed E-state index contributed by atoms with van der Waals surface area (Å²) < 4.78 is 5.13. The number of amides is 1. The molecule has 4 heteroatoms. The molecular formula is C28H38N2O2. The summed E-state index contributed by atoms with van der Waals surface area (Å²) in [4.78, 5) is 18.0. The van der Waals surface area contributed by atoms with E-state index in [1.165, 1.54) is 77.3 Å². The lowest BCUT2D eigenvalue weighted by Gasteiger charge is -2.62. The van der Waals surface area contributed by atoms with E-state index in [1.54, 1.807) is 18.6 Å². The second-order valence-electron chi connectivity index (χ2n) is 11.3. The zero-order valence-electron chi connectivity index (χ0n) is 19.6. The smallest absolute Gasteiger partial charge is 0.246 e. The Morgan fingerprint density at radius 3 is 2.94 bits per heavy atom. The van der Waals surface area contributed by atoms with Crippen LogP contribution in [-0.2, 0) is 4.79 Å². The van der Waals surface area contributed by atoms with Crippen molar-refractivity contribution in [2.45, 2.75) is 82.7 Å². The van der Waals surface area contributed by atoms with Gasteiger partial charge in [-0.25, -0.2) is 0 Å². The van der Waals surface area contributed by atoms with E-state index in [2.05, 4.69) is 4.90 Å². The highest BCUT2D eigenvalue weighted by atomic mass is 16.3. The monoisotopic (exact) mass is 434 g/mol. The van der Waals surface area contributed by atoms with Crippen LogP contribution in [0.3, 0.4) is 0 Å². The van der Waals surface area contributed by atoms with E-state index in [0.29, 0.717) is 11.5 Å². The van der Waals surface area contributed by atoms with E-state index < -0.39 is 0 Å². The Morgan fingerprint density at radius 1 is 1.25 bits per heavy atom. The van der Waals surface area contributed by atoms with E-state index in [1.807, 2.05) is 35.2 Å². The van der Waals surface area contributed by atoms with Crippen molar-refractivity contribution in [2.75, 3.05) is 20.1 Å². The van der Waals surface area contributed by atoms with Gasteiger partial charge in [-0.3, -0.25) is 9.69 Å². The fraction of sp³-hybridized carbons (Fsp3) is 0.679. The van der Waals surface area contributed by atoms with Crippen LogP contribution in [0.15, 0.2) is 40.2 Å². The number of likely N-dealkylation sites (N-methyl/N-ethyl adjacent to an activating group) is 1. The van der Waals surface area contributed by atoms with Gasteiger partial charge in [0.2, 0.25) is 5.91 Å². The molecule has 0 N–H and O–H groups in total. The average molecular weight is 435 g/mol. The van der Waals surface area contributed by atoms with Crippen molar-refractivity contribution in [1.29, 1.82) is 0 Å². The summed E-state index contributed by atoms with van der Waals surface area (Å²) in [6.45, 7) is 2.62. The van der Waals surface area contributed by atoms with Crippen molar-refractivity contribution in [3.05, 3.63) is 41.4 Å². The van der Waals surface area contributed by atoms with Gasteiger partial charge in [0.15, 0.2) is 0 Å². The third-order valence-electron chi connectivity index (χ3n) is 9.58. The molecule has 6 rings (SSSR count). The van der Waals surface area contributed by atoms with Gasteiger partial charge in [-0.1, -0.05) is 11.1 Å². The molecule has 2 bridgehead atoms. The standard InChI is InChI=1S/C28H38N2O2/c1-29(27(31)11-8-21-12-15-32-19-21)23-9-10-25-26-16-22-4-2-3-5-24(22)28(25,17-23)13-14-30(26)18-20-6-7-20/h8,11-12,15,19-20,23,25-26H,2-7,9-10,13-14,16-18H2,1H3/b11-8+/t23-,25-,26+,28+/m0/s1. The van der Waals surface area contributed by atoms with Crippen molar-refractivity contribution in [1.82, 2.24) is 9.80 Å². The highest BCUT2D eigenvalue weighted by Crippen LogP contribution is 2.61. The zero-order valence-corrected chi connectivity index (χ0v) is 19.6. The number of rotatable bonds is 5. The number of furan rings is 1. The van der Waals surface area contributed by atoms with Crippen LogP contribution >= 0.6 is 0 Å². The van der Waals surface area contributed by atoms with Crippen LogP contribution in [0.5, 0.6) is 0 Å². The lowest BCUT2D eigenvalue weighted by atomic mass is 9.49. The zero-order chi connectivity index (χ0) is 21.7. The van der Waals surface area contributed by atoms with E-state index >= 15 is 0 Å². The number of allylic oxidation sites excluding steroid dienone is 1. The van der Waals surface area contributed by atoms with Gasteiger partial charge in [0.05, 0.1) is 12.5 Å². The Kier molecular flexibility index (Phi) is 5.32. The highest BCUT2D eigenvalue weighted by Gasteiger charge is 2.57. The summed E-state index contributed by atoms with van der Waals surface area (Å²) in [6, 6.07) is 3.02. The van der Waals surface area contributed by atoms with Crippen LogP contribution in [0, 0.1) is 17.3 Å². The van der Waals surface area contributed by atoms with Crippen LogP contribution in [-0.4, -0.2) is 47.9 Å². The molecule has 0 unspecified atom stereocenters. The molecule has 1 saturated heterocycles. The van der Waals surface area contributed by atoms with E-state index in [9.17, 15) is 4.79 Å². The summed E-state index contributed by atoms with van der Waals surface area (Å²) >= 11 is 0. The van der Waals surface area contributed by atoms with Crippen molar-refractivity contribution in [3.63, 3.8) is 0 Å². The molecule has 1 aromatic rings. The molecule has 4 aliphatic carbocycles. The quantitative estimate of drug-likeness (QED) is 0.443. The van der Waals surface area contributed by atoms with Gasteiger partial charge in [-0.05, 0) is 107 Å². The molecule has 3 fully saturated rings. The number of hydrogen-bond acceptors (Lipinski definition) is 3. The Hall–Kier alpha value is -1.81. The molecule has 172 valence electrons. The van der Waals surface area contributed by atoms with Crippen LogP contribution in [0.2, 0.25) is 0 Å². The Balaban J connectivity index is 1.25. The molecular weight excluding hydrogens is 396 g/mol. The van der Waals surface area contributed by atoms with Crippen LogP contribution in [0.4, 0.5) is 0 Å². The molecule has 32 heavy (non-hydrogen) atoms. The van der Waals surface area contributed by atoms with Gasteiger partial charge in [0.25, 0.3) is 0 Å². The molecule has 1 aromatic heterocycles. The number of nitrogens with zero attached hydrogens (tertiary/aromatic N) is 2. The number of carbonyl (C=O) groups excluding carboxylic acids is 1. The van der Waals surface area contributed by atoms with Crippen molar-refractivity contribution < 1.29 is 9.21 Å². The molecule has 2 heterocycles. The molecule has 4 atom stereocenters. The summed E-state index contributed by atoms with van der Waals surface area (Å²) in [7, 11) is 2.03. The maximum atomic E-state index is 13.0. The second kappa shape index (κ2) is 8.20. The summed E-state index contributed by atoms with van der Waals surface area (Å²) in [5.41, 5.74) is 5.00. The first-order chi connectivity index (χ1) is 15.6. The fourth-order valence-corrected chi connectivity index (χ4v) is 7.77. The van der Waals surface area contributed by atoms with Crippen molar-refractivity contribution in [2.24, 2.45) is 17.3 Å². The summed E-state index contributed by atoms with van der Waals surface area (Å²) in [6.07, 6.45) is 21.6. The van der Waals surface area contributed by atoms with E-state index in [4.69, 9.17) is 4.42 Å². The van der Waals surface area contributed by atoms with Crippen LogP contribution in [0.1, 0.15) is 76.2 Å². The first-order valence-corrected chi connectivity index (χ1v) is 13.1. The molecule has 0 spiro atoms. The van der Waals surface area contributed by atoms with Gasteiger partial charge in [-0.15, -0.1) is 0 Å². The van der Waals surface area contributed by atoms with Crippen molar-refractivity contribution in [3.8, 4) is 0 Å². The molecule has 0 radical (unpaired) electrons. The third-order valence-corrected chi connectivity index (χ3v) is 9.58. The molecule has 5 aliphatic rings. The minimum absolute atomic E-state index is 0.127. The number of hydrogen-bond donors (Lipinski definition) is 0. The minimum Gasteiger partial charge on any atom is -0.472 e. The van der Waals surface area contributed by atoms with Gasteiger partial charge >= 0.3 is 0 Å². The summed E-state index contributed by atoms with van der Waals surface area (Å²) in [5.74, 6) is 1.92. The van der Waals surface area contributed by atoms with E-state index in [-0.39, 0.29) is 5.91 Å². The van der Waals surface area contributed by atoms with Crippen LogP contribution in [0.25, 0.3) is 6.08 Å². The Labute approximate surface area is 192 Å². The molecule has 1 aliphatic heterocycles. The molecule has 0 aromatic carbocycles. The summed E-state index contributed by atoms with van der Waals surface area (Å²) in [5, 5.41) is 0. The van der Waals surface area contributed by atoms with Gasteiger partial charge in [0.1, 0.15) is 0 Å². The van der Waals surface area contributed by atoms with E-state index in [0.717, 1.165) is 29.9 Å². The maximum Gasteiger partial charge on any atom is 0.246 e. The lowest BCUT2D eigenvalue weighted by molar-refractivity contribution is -0.130.